The minimum Gasteiger partial charge on any atom is -0.373 e. The van der Waals surface area contributed by atoms with Crippen molar-refractivity contribution < 1.29 is 0 Å². The van der Waals surface area contributed by atoms with E-state index in [1.165, 1.54) is 5.69 Å². The lowest BCUT2D eigenvalue weighted by atomic mass is 10.1. The summed E-state index contributed by atoms with van der Waals surface area (Å²) < 4.78 is 0. The van der Waals surface area contributed by atoms with Crippen LogP contribution in [0.5, 0.6) is 0 Å². The van der Waals surface area contributed by atoms with Crippen LogP contribution < -0.4 is 15.5 Å². The highest BCUT2D eigenvalue weighted by Crippen LogP contribution is 2.30. The molecule has 2 N–H and O–H groups in total. The van der Waals surface area contributed by atoms with E-state index in [1.807, 2.05) is 19.2 Å². The fourth-order valence-corrected chi connectivity index (χ4v) is 2.64. The molecule has 2 aromatic rings. The molecule has 0 saturated carbocycles. The molecule has 0 aliphatic carbocycles. The van der Waals surface area contributed by atoms with Crippen LogP contribution in [0.25, 0.3) is 10.9 Å². The third-order valence-corrected chi connectivity index (χ3v) is 3.70. The van der Waals surface area contributed by atoms with Gasteiger partial charge >= 0.3 is 0 Å². The van der Waals surface area contributed by atoms with E-state index in [0.717, 1.165) is 47.9 Å². The van der Waals surface area contributed by atoms with E-state index in [1.54, 1.807) is 0 Å². The first-order valence-corrected chi connectivity index (χ1v) is 6.89. The summed E-state index contributed by atoms with van der Waals surface area (Å²) in [6.07, 6.45) is 0. The topological polar surface area (TPSA) is 40.2 Å². The monoisotopic (exact) mass is 276 g/mol. The summed E-state index contributed by atoms with van der Waals surface area (Å²) in [5.74, 6) is 0.878. The molecule has 1 saturated heterocycles. The van der Waals surface area contributed by atoms with Crippen LogP contribution in [0.1, 0.15) is 0 Å². The number of aromatic nitrogens is 1. The van der Waals surface area contributed by atoms with Crippen LogP contribution in [0.15, 0.2) is 24.3 Å². The smallest absolute Gasteiger partial charge is 0.128 e. The van der Waals surface area contributed by atoms with Crippen molar-refractivity contribution >= 4 is 34.0 Å². The van der Waals surface area contributed by atoms with E-state index in [0.29, 0.717) is 0 Å². The minimum absolute atomic E-state index is 0.722. The molecule has 4 nitrogen and oxygen atoms in total. The van der Waals surface area contributed by atoms with Gasteiger partial charge in [-0.3, -0.25) is 0 Å². The van der Waals surface area contributed by atoms with E-state index < -0.39 is 0 Å². The third-order valence-electron chi connectivity index (χ3n) is 3.46. The maximum absolute atomic E-state index is 6.07. The molecule has 0 bridgehead atoms. The maximum Gasteiger partial charge on any atom is 0.128 e. The Morgan fingerprint density at radius 3 is 2.79 bits per heavy atom. The number of hydrogen-bond donors (Lipinski definition) is 2. The van der Waals surface area contributed by atoms with E-state index >= 15 is 0 Å². The van der Waals surface area contributed by atoms with Crippen molar-refractivity contribution in [1.29, 1.82) is 0 Å². The average Bonchev–Trinajstić information content (AvgIpc) is 2.46. The van der Waals surface area contributed by atoms with Crippen molar-refractivity contribution in [3.8, 4) is 0 Å². The Morgan fingerprint density at radius 2 is 2.05 bits per heavy atom. The standard InChI is InChI=1S/C14H17ClN4/c1-16-14-9-13(19-6-4-17-5-7-19)11-3-2-10(15)8-12(11)18-14/h2-3,8-9,17H,4-7H2,1H3,(H,16,18). The molecule has 1 aromatic heterocycles. The van der Waals surface area contributed by atoms with Gasteiger partial charge < -0.3 is 15.5 Å². The van der Waals surface area contributed by atoms with Crippen LogP contribution in [0, 0.1) is 0 Å². The molecular weight excluding hydrogens is 260 g/mol. The zero-order chi connectivity index (χ0) is 13.2. The quantitative estimate of drug-likeness (QED) is 0.883. The first-order valence-electron chi connectivity index (χ1n) is 6.51. The van der Waals surface area contributed by atoms with E-state index in [9.17, 15) is 0 Å². The van der Waals surface area contributed by atoms with Crippen molar-refractivity contribution in [3.63, 3.8) is 0 Å². The van der Waals surface area contributed by atoms with Gasteiger partial charge in [-0.15, -0.1) is 0 Å². The van der Waals surface area contributed by atoms with Gasteiger partial charge in [-0.2, -0.15) is 0 Å². The summed E-state index contributed by atoms with van der Waals surface area (Å²) in [5.41, 5.74) is 2.17. The average molecular weight is 277 g/mol. The van der Waals surface area contributed by atoms with Gasteiger partial charge in [-0.05, 0) is 18.2 Å². The lowest BCUT2D eigenvalue weighted by molar-refractivity contribution is 0.590. The predicted octanol–water partition coefficient (Wildman–Crippen LogP) is 2.34. The molecule has 1 fully saturated rings. The summed E-state index contributed by atoms with van der Waals surface area (Å²) >= 11 is 6.07. The van der Waals surface area contributed by atoms with Gasteiger partial charge in [0.15, 0.2) is 0 Å². The second-order valence-electron chi connectivity index (χ2n) is 4.68. The number of rotatable bonds is 2. The molecule has 2 heterocycles. The van der Waals surface area contributed by atoms with Crippen LogP contribution in [0.2, 0.25) is 5.02 Å². The minimum atomic E-state index is 0.722. The summed E-state index contributed by atoms with van der Waals surface area (Å²) in [5, 5.41) is 8.38. The molecular formula is C14H17ClN4. The summed E-state index contributed by atoms with van der Waals surface area (Å²) in [6.45, 7) is 4.08. The zero-order valence-corrected chi connectivity index (χ0v) is 11.7. The van der Waals surface area contributed by atoms with E-state index in [2.05, 4.69) is 32.7 Å². The Kier molecular flexibility index (Phi) is 3.44. The first-order chi connectivity index (χ1) is 9.28. The lowest BCUT2D eigenvalue weighted by Crippen LogP contribution is -2.43. The molecule has 1 aliphatic rings. The normalized spacial score (nSPS) is 15.8. The third kappa shape index (κ3) is 2.46. The number of hydrogen-bond acceptors (Lipinski definition) is 4. The second kappa shape index (κ2) is 5.23. The number of anilines is 2. The molecule has 3 rings (SSSR count). The molecule has 5 heteroatoms. The Morgan fingerprint density at radius 1 is 1.26 bits per heavy atom. The number of pyridine rings is 1. The van der Waals surface area contributed by atoms with Crippen LogP contribution in [-0.2, 0) is 0 Å². The van der Waals surface area contributed by atoms with Crippen molar-refractivity contribution in [1.82, 2.24) is 10.3 Å². The van der Waals surface area contributed by atoms with Crippen molar-refractivity contribution in [2.24, 2.45) is 0 Å². The fourth-order valence-electron chi connectivity index (χ4n) is 2.48. The molecule has 1 aliphatic heterocycles. The van der Waals surface area contributed by atoms with Crippen LogP contribution in [0.4, 0.5) is 11.5 Å². The van der Waals surface area contributed by atoms with Gasteiger partial charge in [-0.1, -0.05) is 11.6 Å². The Bertz CT molecular complexity index is 593. The molecule has 0 spiro atoms. The van der Waals surface area contributed by atoms with Crippen LogP contribution in [-0.4, -0.2) is 38.2 Å². The van der Waals surface area contributed by atoms with Crippen molar-refractivity contribution in [2.75, 3.05) is 43.4 Å². The predicted molar refractivity (Wildman–Crippen MR) is 81.4 cm³/mol. The van der Waals surface area contributed by atoms with E-state index in [4.69, 9.17) is 11.6 Å². The Balaban J connectivity index is 2.14. The molecule has 1 aromatic carbocycles. The molecule has 0 amide bonds. The highest BCUT2D eigenvalue weighted by Gasteiger charge is 2.15. The summed E-state index contributed by atoms with van der Waals surface area (Å²) in [4.78, 5) is 6.97. The van der Waals surface area contributed by atoms with Crippen molar-refractivity contribution in [3.05, 3.63) is 29.3 Å². The van der Waals surface area contributed by atoms with Gasteiger partial charge in [0.05, 0.1) is 5.52 Å². The molecule has 0 atom stereocenters. The van der Waals surface area contributed by atoms with Crippen LogP contribution in [0.3, 0.4) is 0 Å². The maximum atomic E-state index is 6.07. The number of halogens is 1. The van der Waals surface area contributed by atoms with Crippen LogP contribution >= 0.6 is 11.6 Å². The number of nitrogens with zero attached hydrogens (tertiary/aromatic N) is 2. The highest BCUT2D eigenvalue weighted by molar-refractivity contribution is 6.31. The molecule has 100 valence electrons. The summed E-state index contributed by atoms with van der Waals surface area (Å²) in [7, 11) is 1.89. The number of fused-ring (bicyclic) bond motifs is 1. The van der Waals surface area contributed by atoms with Gasteiger partial charge in [0, 0.05) is 55.4 Å². The first kappa shape index (κ1) is 12.5. The number of nitrogens with one attached hydrogen (secondary N) is 2. The Labute approximate surface area is 117 Å². The number of piperazine rings is 1. The Hall–Kier alpha value is -1.52. The molecule has 0 unspecified atom stereocenters. The van der Waals surface area contributed by atoms with E-state index in [-0.39, 0.29) is 0 Å². The second-order valence-corrected chi connectivity index (χ2v) is 5.11. The zero-order valence-electron chi connectivity index (χ0n) is 10.9. The fraction of sp³-hybridized carbons (Fsp3) is 0.357. The van der Waals surface area contributed by atoms with Crippen molar-refractivity contribution in [2.45, 2.75) is 0 Å². The molecule has 19 heavy (non-hydrogen) atoms. The van der Waals surface area contributed by atoms with Gasteiger partial charge in [0.2, 0.25) is 0 Å². The summed E-state index contributed by atoms with van der Waals surface area (Å²) in [6, 6.07) is 8.02. The van der Waals surface area contributed by atoms with Gasteiger partial charge in [0.25, 0.3) is 0 Å². The SMILES string of the molecule is CNc1cc(N2CCNCC2)c2ccc(Cl)cc2n1. The van der Waals surface area contributed by atoms with Gasteiger partial charge in [-0.25, -0.2) is 4.98 Å². The lowest BCUT2D eigenvalue weighted by Gasteiger charge is -2.30. The largest absolute Gasteiger partial charge is 0.373 e. The molecule has 0 radical (unpaired) electrons. The number of benzene rings is 1. The van der Waals surface area contributed by atoms with Gasteiger partial charge in [0.1, 0.15) is 5.82 Å². The highest BCUT2D eigenvalue weighted by atomic mass is 35.5.